The number of sulfonamides is 1. The van der Waals surface area contributed by atoms with Crippen LogP contribution in [0.3, 0.4) is 0 Å². The van der Waals surface area contributed by atoms with Crippen molar-refractivity contribution in [3.05, 3.63) is 28.2 Å². The van der Waals surface area contributed by atoms with Gasteiger partial charge in [0.15, 0.2) is 0 Å². The van der Waals surface area contributed by atoms with Gasteiger partial charge in [0, 0.05) is 0 Å². The highest BCUT2D eigenvalue weighted by Gasteiger charge is 2.21. The summed E-state index contributed by atoms with van der Waals surface area (Å²) in [5.41, 5.74) is 0.710. The minimum atomic E-state index is -3.30. The first kappa shape index (κ1) is 13.5. The minimum Gasteiger partial charge on any atom is -0.496 e. The highest BCUT2D eigenvalue weighted by Crippen LogP contribution is 2.30. The Bertz CT molecular complexity index is 473. The number of hydrogen-bond acceptors (Lipinski definition) is 3. The fourth-order valence-electron chi connectivity index (χ4n) is 1.29. The maximum atomic E-state index is 11.6. The van der Waals surface area contributed by atoms with Gasteiger partial charge in [-0.15, -0.1) is 0 Å². The summed E-state index contributed by atoms with van der Waals surface area (Å²) in [6.45, 7) is 1.64. The van der Waals surface area contributed by atoms with E-state index >= 15 is 0 Å². The Labute approximate surface area is 104 Å². The van der Waals surface area contributed by atoms with Crippen LogP contribution >= 0.6 is 15.9 Å². The Hall–Kier alpha value is -0.590. The van der Waals surface area contributed by atoms with E-state index in [1.165, 1.54) is 7.05 Å². The Balaban J connectivity index is 3.12. The molecule has 0 aromatic heterocycles. The average molecular weight is 308 g/mol. The van der Waals surface area contributed by atoms with Gasteiger partial charge in [0.1, 0.15) is 5.75 Å². The van der Waals surface area contributed by atoms with E-state index in [-0.39, 0.29) is 0 Å². The maximum absolute atomic E-state index is 11.6. The van der Waals surface area contributed by atoms with Gasteiger partial charge in [-0.25, -0.2) is 13.1 Å². The highest BCUT2D eigenvalue weighted by atomic mass is 79.9. The third-order valence-electron chi connectivity index (χ3n) is 2.40. The second kappa shape index (κ2) is 5.16. The molecule has 0 radical (unpaired) electrons. The molecule has 0 heterocycles. The first-order valence-electron chi connectivity index (χ1n) is 4.68. The zero-order valence-corrected chi connectivity index (χ0v) is 11.7. The molecule has 4 nitrogen and oxygen atoms in total. The van der Waals surface area contributed by atoms with E-state index in [2.05, 4.69) is 20.7 Å². The van der Waals surface area contributed by atoms with Crippen LogP contribution in [0.5, 0.6) is 5.75 Å². The first-order valence-corrected chi connectivity index (χ1v) is 7.02. The van der Waals surface area contributed by atoms with Gasteiger partial charge in [-0.2, -0.15) is 0 Å². The van der Waals surface area contributed by atoms with Crippen molar-refractivity contribution in [1.82, 2.24) is 4.72 Å². The van der Waals surface area contributed by atoms with Crippen LogP contribution in [0.25, 0.3) is 0 Å². The first-order chi connectivity index (χ1) is 7.42. The fraction of sp³-hybridized carbons (Fsp3) is 0.400. The molecular weight excluding hydrogens is 294 g/mol. The molecule has 0 bridgehead atoms. The van der Waals surface area contributed by atoms with Gasteiger partial charge in [0.2, 0.25) is 10.0 Å². The molecule has 0 aliphatic carbocycles. The molecule has 0 aliphatic rings. The molecule has 90 valence electrons. The number of nitrogens with one attached hydrogen (secondary N) is 1. The molecule has 1 aromatic carbocycles. The van der Waals surface area contributed by atoms with Crippen molar-refractivity contribution in [1.29, 1.82) is 0 Å². The van der Waals surface area contributed by atoms with Crippen molar-refractivity contribution >= 4 is 26.0 Å². The standard InChI is InChI=1S/C10H14BrNO3S/c1-7(16(13,14)12-2)8-4-5-10(15-3)9(11)6-8/h4-7,12H,1-3H3. The Kier molecular flexibility index (Phi) is 4.35. The summed E-state index contributed by atoms with van der Waals surface area (Å²) >= 11 is 3.32. The topological polar surface area (TPSA) is 55.4 Å². The van der Waals surface area contributed by atoms with Crippen LogP contribution in [0.2, 0.25) is 0 Å². The van der Waals surface area contributed by atoms with Gasteiger partial charge in [0.05, 0.1) is 16.8 Å². The lowest BCUT2D eigenvalue weighted by Gasteiger charge is -2.13. The van der Waals surface area contributed by atoms with E-state index in [0.29, 0.717) is 11.3 Å². The number of halogens is 1. The number of benzene rings is 1. The molecule has 1 N–H and O–H groups in total. The number of methoxy groups -OCH3 is 1. The van der Waals surface area contributed by atoms with E-state index in [4.69, 9.17) is 4.74 Å². The molecule has 0 fully saturated rings. The lowest BCUT2D eigenvalue weighted by atomic mass is 10.1. The Morgan fingerprint density at radius 3 is 2.50 bits per heavy atom. The van der Waals surface area contributed by atoms with E-state index in [1.54, 1.807) is 32.2 Å². The molecule has 0 spiro atoms. The number of rotatable bonds is 4. The molecule has 0 saturated carbocycles. The Morgan fingerprint density at radius 1 is 1.44 bits per heavy atom. The van der Waals surface area contributed by atoms with Crippen molar-refractivity contribution in [3.8, 4) is 5.75 Å². The van der Waals surface area contributed by atoms with Gasteiger partial charge >= 0.3 is 0 Å². The number of ether oxygens (including phenoxy) is 1. The lowest BCUT2D eigenvalue weighted by molar-refractivity contribution is 0.412. The quantitative estimate of drug-likeness (QED) is 0.926. The second-order valence-electron chi connectivity index (χ2n) is 3.29. The van der Waals surface area contributed by atoms with Gasteiger partial charge in [-0.1, -0.05) is 6.07 Å². The summed E-state index contributed by atoms with van der Waals surface area (Å²) in [6.07, 6.45) is 0. The second-order valence-corrected chi connectivity index (χ2v) is 6.35. The normalized spacial score (nSPS) is 13.5. The van der Waals surface area contributed by atoms with Crippen LogP contribution in [0.4, 0.5) is 0 Å². The van der Waals surface area contributed by atoms with Crippen molar-refractivity contribution < 1.29 is 13.2 Å². The molecule has 6 heteroatoms. The highest BCUT2D eigenvalue weighted by molar-refractivity contribution is 9.10. The van der Waals surface area contributed by atoms with E-state index in [1.807, 2.05) is 0 Å². The van der Waals surface area contributed by atoms with Crippen molar-refractivity contribution in [2.45, 2.75) is 12.2 Å². The molecule has 16 heavy (non-hydrogen) atoms. The van der Waals surface area contributed by atoms with Crippen molar-refractivity contribution in [3.63, 3.8) is 0 Å². The van der Waals surface area contributed by atoms with Crippen LogP contribution in [-0.2, 0) is 10.0 Å². The summed E-state index contributed by atoms with van der Waals surface area (Å²) in [7, 11) is -0.329. The largest absolute Gasteiger partial charge is 0.496 e. The van der Waals surface area contributed by atoms with Crippen LogP contribution in [0.1, 0.15) is 17.7 Å². The van der Waals surface area contributed by atoms with Crippen LogP contribution < -0.4 is 9.46 Å². The van der Waals surface area contributed by atoms with E-state index in [9.17, 15) is 8.42 Å². The van der Waals surface area contributed by atoms with Gasteiger partial charge in [0.25, 0.3) is 0 Å². The summed E-state index contributed by atoms with van der Waals surface area (Å²) in [4.78, 5) is 0. The average Bonchev–Trinajstić information content (AvgIpc) is 2.27. The summed E-state index contributed by atoms with van der Waals surface area (Å²) in [5.74, 6) is 0.679. The molecule has 0 saturated heterocycles. The predicted octanol–water partition coefficient (Wildman–Crippen LogP) is 2.07. The molecule has 1 rings (SSSR count). The molecule has 1 atom stereocenters. The zero-order chi connectivity index (χ0) is 12.3. The third-order valence-corrected chi connectivity index (χ3v) is 4.79. The third kappa shape index (κ3) is 2.75. The zero-order valence-electron chi connectivity index (χ0n) is 9.32. The van der Waals surface area contributed by atoms with Gasteiger partial charge < -0.3 is 4.74 Å². The lowest BCUT2D eigenvalue weighted by Crippen LogP contribution is -2.24. The van der Waals surface area contributed by atoms with Crippen molar-refractivity contribution in [2.24, 2.45) is 0 Å². The molecule has 0 amide bonds. The molecule has 1 aromatic rings. The molecule has 0 aliphatic heterocycles. The van der Waals surface area contributed by atoms with Crippen LogP contribution in [0, 0.1) is 0 Å². The molecule has 1 unspecified atom stereocenters. The summed E-state index contributed by atoms with van der Waals surface area (Å²) in [6, 6.07) is 5.22. The van der Waals surface area contributed by atoms with E-state index in [0.717, 1.165) is 4.47 Å². The monoisotopic (exact) mass is 307 g/mol. The smallest absolute Gasteiger partial charge is 0.218 e. The number of hydrogen-bond donors (Lipinski definition) is 1. The summed E-state index contributed by atoms with van der Waals surface area (Å²) in [5, 5.41) is -0.597. The summed E-state index contributed by atoms with van der Waals surface area (Å²) < 4.78 is 31.3. The SMILES string of the molecule is CNS(=O)(=O)C(C)c1ccc(OC)c(Br)c1. The van der Waals surface area contributed by atoms with Crippen LogP contribution in [0.15, 0.2) is 22.7 Å². The minimum absolute atomic E-state index is 0.597. The van der Waals surface area contributed by atoms with E-state index < -0.39 is 15.3 Å². The Morgan fingerprint density at radius 2 is 2.06 bits per heavy atom. The van der Waals surface area contributed by atoms with Gasteiger partial charge in [-0.05, 0) is 47.6 Å². The van der Waals surface area contributed by atoms with Crippen molar-refractivity contribution in [2.75, 3.05) is 14.2 Å². The predicted molar refractivity (Wildman–Crippen MR) is 67.1 cm³/mol. The maximum Gasteiger partial charge on any atom is 0.218 e. The fourth-order valence-corrected chi connectivity index (χ4v) is 2.71. The van der Waals surface area contributed by atoms with Gasteiger partial charge in [-0.3, -0.25) is 0 Å². The molecular formula is C10H14BrNO3S. The van der Waals surface area contributed by atoms with Crippen LogP contribution in [-0.4, -0.2) is 22.6 Å².